The molecule has 1 aliphatic rings. The van der Waals surface area contributed by atoms with Crippen molar-refractivity contribution in [3.63, 3.8) is 0 Å². The molecule has 1 amide bonds. The lowest BCUT2D eigenvalue weighted by molar-refractivity contribution is -0.128. The Hall–Kier alpha value is -1.08. The Morgan fingerprint density at radius 3 is 2.67 bits per heavy atom. The van der Waals surface area contributed by atoms with Gasteiger partial charge in [-0.05, 0) is 26.2 Å². The molecule has 1 saturated carbocycles. The van der Waals surface area contributed by atoms with Crippen LogP contribution < -0.4 is 5.32 Å². The molecule has 0 aromatic rings. The summed E-state index contributed by atoms with van der Waals surface area (Å²) < 4.78 is 0. The first-order chi connectivity index (χ1) is 7.10. The molecule has 0 heterocycles. The van der Waals surface area contributed by atoms with Gasteiger partial charge in [-0.3, -0.25) is 4.79 Å². The van der Waals surface area contributed by atoms with Crippen molar-refractivity contribution in [2.45, 2.75) is 45.1 Å². The van der Waals surface area contributed by atoms with Crippen LogP contribution in [0.3, 0.4) is 0 Å². The Labute approximate surface area is 90.3 Å². The Kier molecular flexibility index (Phi) is 4.10. The normalized spacial score (nSPS) is 20.6. The average molecular weight is 210 g/mol. The van der Waals surface area contributed by atoms with E-state index in [1.165, 1.54) is 0 Å². The van der Waals surface area contributed by atoms with Gasteiger partial charge in [-0.2, -0.15) is 5.26 Å². The van der Waals surface area contributed by atoms with Crippen LogP contribution in [0.5, 0.6) is 0 Å². The molecule has 1 unspecified atom stereocenters. The van der Waals surface area contributed by atoms with Crippen LogP contribution in [0.25, 0.3) is 0 Å². The van der Waals surface area contributed by atoms with Gasteiger partial charge in [0, 0.05) is 6.54 Å². The summed E-state index contributed by atoms with van der Waals surface area (Å²) in [7, 11) is 0. The summed E-state index contributed by atoms with van der Waals surface area (Å²) in [4.78, 5) is 11.8. The largest absolute Gasteiger partial charge is 0.393 e. The molecule has 0 aliphatic heterocycles. The predicted octanol–water partition coefficient (Wildman–Crippen LogP) is 0.957. The van der Waals surface area contributed by atoms with Gasteiger partial charge in [0.15, 0.2) is 0 Å². The highest BCUT2D eigenvalue weighted by Gasteiger charge is 2.41. The SMILES string of the molecule is CC(O)CCNC(=O)C1(C#N)CCCC1. The minimum atomic E-state index is -0.793. The van der Waals surface area contributed by atoms with E-state index in [1.54, 1.807) is 6.92 Å². The summed E-state index contributed by atoms with van der Waals surface area (Å²) in [6, 6.07) is 2.14. The van der Waals surface area contributed by atoms with E-state index in [-0.39, 0.29) is 5.91 Å². The first-order valence-electron chi connectivity index (χ1n) is 5.48. The number of carbonyl (C=O) groups excluding carboxylic acids is 1. The van der Waals surface area contributed by atoms with Gasteiger partial charge in [0.1, 0.15) is 5.41 Å². The number of hydrogen-bond acceptors (Lipinski definition) is 3. The monoisotopic (exact) mass is 210 g/mol. The molecular weight excluding hydrogens is 192 g/mol. The fourth-order valence-corrected chi connectivity index (χ4v) is 1.93. The van der Waals surface area contributed by atoms with Gasteiger partial charge in [0.05, 0.1) is 12.2 Å². The zero-order valence-electron chi connectivity index (χ0n) is 9.12. The second kappa shape index (κ2) is 5.13. The maximum absolute atomic E-state index is 11.8. The Bertz CT molecular complexity index is 262. The summed E-state index contributed by atoms with van der Waals surface area (Å²) in [5.41, 5.74) is -0.793. The molecule has 0 saturated heterocycles. The zero-order valence-corrected chi connectivity index (χ0v) is 9.12. The molecule has 0 bridgehead atoms. The number of amides is 1. The summed E-state index contributed by atoms with van der Waals surface area (Å²) in [5.74, 6) is -0.164. The quantitative estimate of drug-likeness (QED) is 0.725. The fraction of sp³-hybridized carbons (Fsp3) is 0.818. The van der Waals surface area contributed by atoms with E-state index in [2.05, 4.69) is 11.4 Å². The minimum absolute atomic E-state index is 0.164. The Morgan fingerprint density at radius 1 is 1.60 bits per heavy atom. The highest BCUT2D eigenvalue weighted by molar-refractivity contribution is 5.85. The molecule has 0 radical (unpaired) electrons. The van der Waals surface area contributed by atoms with E-state index in [4.69, 9.17) is 10.4 Å². The molecule has 1 aliphatic carbocycles. The van der Waals surface area contributed by atoms with Gasteiger partial charge in [-0.25, -0.2) is 0 Å². The van der Waals surface area contributed by atoms with E-state index in [1.807, 2.05) is 0 Å². The maximum atomic E-state index is 11.8. The van der Waals surface area contributed by atoms with Crippen LogP contribution in [-0.4, -0.2) is 23.7 Å². The van der Waals surface area contributed by atoms with Crippen molar-refractivity contribution in [2.75, 3.05) is 6.54 Å². The maximum Gasteiger partial charge on any atom is 0.240 e. The third-order valence-electron chi connectivity index (χ3n) is 2.95. The van der Waals surface area contributed by atoms with E-state index in [0.717, 1.165) is 12.8 Å². The fourth-order valence-electron chi connectivity index (χ4n) is 1.93. The molecule has 1 rings (SSSR count). The second-order valence-electron chi connectivity index (χ2n) is 4.29. The zero-order chi connectivity index (χ0) is 11.3. The van der Waals surface area contributed by atoms with Crippen molar-refractivity contribution in [1.82, 2.24) is 5.32 Å². The van der Waals surface area contributed by atoms with Crippen LogP contribution in [0.4, 0.5) is 0 Å². The van der Waals surface area contributed by atoms with Crippen LogP contribution in [0.1, 0.15) is 39.0 Å². The molecule has 0 aromatic carbocycles. The summed E-state index contributed by atoms with van der Waals surface area (Å²) in [5, 5.41) is 20.8. The molecule has 84 valence electrons. The van der Waals surface area contributed by atoms with Crippen molar-refractivity contribution >= 4 is 5.91 Å². The number of nitrogens with one attached hydrogen (secondary N) is 1. The number of nitrogens with zero attached hydrogens (tertiary/aromatic N) is 1. The lowest BCUT2D eigenvalue weighted by Crippen LogP contribution is -2.39. The van der Waals surface area contributed by atoms with Crippen LogP contribution in [0.15, 0.2) is 0 Å². The van der Waals surface area contributed by atoms with Crippen LogP contribution in [0, 0.1) is 16.7 Å². The van der Waals surface area contributed by atoms with Crippen molar-refractivity contribution in [1.29, 1.82) is 5.26 Å². The molecule has 1 atom stereocenters. The second-order valence-corrected chi connectivity index (χ2v) is 4.29. The van der Waals surface area contributed by atoms with Crippen molar-refractivity contribution in [2.24, 2.45) is 5.41 Å². The molecule has 4 heteroatoms. The van der Waals surface area contributed by atoms with Crippen molar-refractivity contribution in [3.8, 4) is 6.07 Å². The van der Waals surface area contributed by atoms with Crippen molar-refractivity contribution < 1.29 is 9.90 Å². The number of hydrogen-bond donors (Lipinski definition) is 2. The Balaban J connectivity index is 2.42. The molecule has 15 heavy (non-hydrogen) atoms. The topological polar surface area (TPSA) is 73.1 Å². The van der Waals surface area contributed by atoms with Gasteiger partial charge in [0.25, 0.3) is 0 Å². The van der Waals surface area contributed by atoms with Crippen LogP contribution >= 0.6 is 0 Å². The standard InChI is InChI=1S/C11H18N2O2/c1-9(14)4-7-13-10(15)11(8-12)5-2-3-6-11/h9,14H,2-7H2,1H3,(H,13,15). The summed E-state index contributed by atoms with van der Waals surface area (Å²) in [6.45, 7) is 2.13. The van der Waals surface area contributed by atoms with E-state index < -0.39 is 11.5 Å². The summed E-state index contributed by atoms with van der Waals surface area (Å²) >= 11 is 0. The molecular formula is C11H18N2O2. The number of aliphatic hydroxyl groups is 1. The molecule has 2 N–H and O–H groups in total. The number of carbonyl (C=O) groups is 1. The van der Waals surface area contributed by atoms with Crippen molar-refractivity contribution in [3.05, 3.63) is 0 Å². The predicted molar refractivity (Wildman–Crippen MR) is 55.8 cm³/mol. The highest BCUT2D eigenvalue weighted by atomic mass is 16.3. The minimum Gasteiger partial charge on any atom is -0.393 e. The lowest BCUT2D eigenvalue weighted by Gasteiger charge is -2.19. The van der Waals surface area contributed by atoms with E-state index in [9.17, 15) is 4.79 Å². The third-order valence-corrected chi connectivity index (χ3v) is 2.95. The van der Waals surface area contributed by atoms with Crippen LogP contribution in [-0.2, 0) is 4.79 Å². The van der Waals surface area contributed by atoms with E-state index in [0.29, 0.717) is 25.8 Å². The van der Waals surface area contributed by atoms with Gasteiger partial charge in [-0.1, -0.05) is 12.8 Å². The molecule has 0 aromatic heterocycles. The average Bonchev–Trinajstić information content (AvgIpc) is 2.66. The first-order valence-corrected chi connectivity index (χ1v) is 5.48. The summed E-state index contributed by atoms with van der Waals surface area (Å²) in [6.07, 6.45) is 3.38. The van der Waals surface area contributed by atoms with Gasteiger partial charge in [0.2, 0.25) is 5.91 Å². The molecule has 4 nitrogen and oxygen atoms in total. The van der Waals surface area contributed by atoms with Crippen LogP contribution in [0.2, 0.25) is 0 Å². The van der Waals surface area contributed by atoms with Gasteiger partial charge < -0.3 is 10.4 Å². The molecule has 0 spiro atoms. The Morgan fingerprint density at radius 2 is 2.20 bits per heavy atom. The van der Waals surface area contributed by atoms with Gasteiger partial charge in [-0.15, -0.1) is 0 Å². The van der Waals surface area contributed by atoms with E-state index >= 15 is 0 Å². The lowest BCUT2D eigenvalue weighted by atomic mass is 9.87. The number of nitriles is 1. The first kappa shape index (κ1) is 12.0. The third kappa shape index (κ3) is 2.93. The molecule has 1 fully saturated rings. The smallest absolute Gasteiger partial charge is 0.240 e. The van der Waals surface area contributed by atoms with Gasteiger partial charge >= 0.3 is 0 Å². The number of rotatable bonds is 4. The highest BCUT2D eigenvalue weighted by Crippen LogP contribution is 2.37. The number of aliphatic hydroxyl groups excluding tert-OH is 1.